The van der Waals surface area contributed by atoms with Crippen LogP contribution in [0.2, 0.25) is 0 Å². The molecule has 0 spiro atoms. The summed E-state index contributed by atoms with van der Waals surface area (Å²) in [5.41, 5.74) is 0.838. The standard InChI is InChI=1S/C16H17N3O4/c1-16(8-11-5-6-12(16)22-11)14(20)17-10-4-2-3-9(7-10)13-18-15(21)23-19-13/h2-4,7,11-12H,5-6,8H2,1H3,(H,17,20)(H,18,19,21)/t11-,12-,16+/m1/s1. The first-order chi connectivity index (χ1) is 11.0. The molecule has 7 nitrogen and oxygen atoms in total. The average molecular weight is 315 g/mol. The van der Waals surface area contributed by atoms with Crippen LogP contribution in [0.5, 0.6) is 0 Å². The maximum absolute atomic E-state index is 12.7. The number of amides is 1. The number of aromatic nitrogens is 2. The summed E-state index contributed by atoms with van der Waals surface area (Å²) in [6, 6.07) is 7.13. The number of rotatable bonds is 3. The van der Waals surface area contributed by atoms with Gasteiger partial charge in [-0.2, -0.15) is 0 Å². The van der Waals surface area contributed by atoms with Crippen LogP contribution >= 0.6 is 0 Å². The lowest BCUT2D eigenvalue weighted by atomic mass is 9.75. The van der Waals surface area contributed by atoms with E-state index in [2.05, 4.69) is 20.0 Å². The van der Waals surface area contributed by atoms with Crippen molar-refractivity contribution in [1.29, 1.82) is 0 Å². The largest absolute Gasteiger partial charge is 0.439 e. The summed E-state index contributed by atoms with van der Waals surface area (Å²) in [5, 5.41) is 6.61. The third-order valence-corrected chi connectivity index (χ3v) is 4.82. The zero-order valence-electron chi connectivity index (χ0n) is 12.7. The topological polar surface area (TPSA) is 97.2 Å². The first-order valence-electron chi connectivity index (χ1n) is 7.68. The van der Waals surface area contributed by atoms with Crippen molar-refractivity contribution in [3.05, 3.63) is 34.8 Å². The minimum absolute atomic E-state index is 0.00239. The van der Waals surface area contributed by atoms with Gasteiger partial charge in [0.2, 0.25) is 5.91 Å². The molecule has 1 aromatic heterocycles. The molecule has 2 saturated heterocycles. The lowest BCUT2D eigenvalue weighted by Gasteiger charge is -2.29. The van der Waals surface area contributed by atoms with Gasteiger partial charge in [-0.1, -0.05) is 17.3 Å². The fourth-order valence-corrected chi connectivity index (χ4v) is 3.54. The molecular weight excluding hydrogens is 298 g/mol. The van der Waals surface area contributed by atoms with Crippen LogP contribution in [0.4, 0.5) is 5.69 Å². The van der Waals surface area contributed by atoms with Gasteiger partial charge in [-0.15, -0.1) is 0 Å². The predicted octanol–water partition coefficient (Wildman–Crippen LogP) is 1.93. The molecule has 2 aromatic rings. The number of benzene rings is 1. The zero-order chi connectivity index (χ0) is 16.0. The van der Waals surface area contributed by atoms with E-state index in [1.165, 1.54) is 0 Å². The van der Waals surface area contributed by atoms with Crippen molar-refractivity contribution in [3.63, 3.8) is 0 Å². The van der Waals surface area contributed by atoms with Crippen molar-refractivity contribution in [2.75, 3.05) is 5.32 Å². The van der Waals surface area contributed by atoms with Crippen LogP contribution in [0.25, 0.3) is 11.4 Å². The molecule has 2 fully saturated rings. The smallest absolute Gasteiger partial charge is 0.374 e. The van der Waals surface area contributed by atoms with Crippen molar-refractivity contribution in [1.82, 2.24) is 10.1 Å². The van der Waals surface area contributed by atoms with E-state index in [1.807, 2.05) is 6.92 Å². The van der Waals surface area contributed by atoms with Gasteiger partial charge in [0.1, 0.15) is 0 Å². The quantitative estimate of drug-likeness (QED) is 0.902. The van der Waals surface area contributed by atoms with Crippen LogP contribution in [0.3, 0.4) is 0 Å². The second-order valence-corrected chi connectivity index (χ2v) is 6.42. The Bertz CT molecular complexity index is 811. The van der Waals surface area contributed by atoms with E-state index in [0.717, 1.165) is 19.3 Å². The highest BCUT2D eigenvalue weighted by Crippen LogP contribution is 2.48. The summed E-state index contributed by atoms with van der Waals surface area (Å²) in [5.74, 6) is -0.308. The number of carbonyl (C=O) groups is 1. The highest BCUT2D eigenvalue weighted by atomic mass is 16.5. The Balaban J connectivity index is 1.55. The third kappa shape index (κ3) is 2.37. The maximum atomic E-state index is 12.7. The number of H-pyrrole nitrogens is 1. The second kappa shape index (κ2) is 5.06. The SMILES string of the molecule is C[C@]1(C(=O)Nc2cccc(-c3noc(=O)[nH]3)c2)C[C@H]2CC[C@H]1O2. The molecule has 23 heavy (non-hydrogen) atoms. The van der Waals surface area contributed by atoms with Gasteiger partial charge in [0.15, 0.2) is 5.82 Å². The first-order valence-corrected chi connectivity index (χ1v) is 7.68. The fraction of sp³-hybridized carbons (Fsp3) is 0.438. The van der Waals surface area contributed by atoms with Gasteiger partial charge in [0.05, 0.1) is 17.6 Å². The molecular formula is C16H17N3O4. The number of hydrogen-bond donors (Lipinski definition) is 2. The molecule has 2 bridgehead atoms. The first kappa shape index (κ1) is 14.2. The summed E-state index contributed by atoms with van der Waals surface area (Å²) in [4.78, 5) is 26.2. The molecule has 1 amide bonds. The van der Waals surface area contributed by atoms with Crippen LogP contribution < -0.4 is 11.1 Å². The summed E-state index contributed by atoms with van der Waals surface area (Å²) >= 11 is 0. The summed E-state index contributed by atoms with van der Waals surface area (Å²) in [7, 11) is 0. The van der Waals surface area contributed by atoms with E-state index < -0.39 is 11.2 Å². The van der Waals surface area contributed by atoms with Gasteiger partial charge in [-0.05, 0) is 38.3 Å². The predicted molar refractivity (Wildman–Crippen MR) is 81.8 cm³/mol. The van der Waals surface area contributed by atoms with Gasteiger partial charge in [0.25, 0.3) is 0 Å². The minimum Gasteiger partial charge on any atom is -0.374 e. The van der Waals surface area contributed by atoms with Crippen molar-refractivity contribution in [3.8, 4) is 11.4 Å². The van der Waals surface area contributed by atoms with E-state index in [9.17, 15) is 9.59 Å². The third-order valence-electron chi connectivity index (χ3n) is 4.82. The lowest BCUT2D eigenvalue weighted by Crippen LogP contribution is -2.41. The second-order valence-electron chi connectivity index (χ2n) is 6.42. The van der Waals surface area contributed by atoms with Gasteiger partial charge in [-0.3, -0.25) is 14.3 Å². The molecule has 2 aliphatic heterocycles. The fourth-order valence-electron chi connectivity index (χ4n) is 3.54. The van der Waals surface area contributed by atoms with Crippen molar-refractivity contribution in [2.24, 2.45) is 5.41 Å². The number of nitrogens with zero attached hydrogens (tertiary/aromatic N) is 1. The summed E-state index contributed by atoms with van der Waals surface area (Å²) < 4.78 is 10.3. The van der Waals surface area contributed by atoms with Crippen molar-refractivity contribution < 1.29 is 14.1 Å². The van der Waals surface area contributed by atoms with E-state index in [1.54, 1.807) is 24.3 Å². The molecule has 3 heterocycles. The van der Waals surface area contributed by atoms with Crippen LogP contribution in [0.1, 0.15) is 26.2 Å². The molecule has 120 valence electrons. The van der Waals surface area contributed by atoms with Gasteiger partial charge in [0, 0.05) is 11.3 Å². The Labute approximate surface area is 132 Å². The summed E-state index contributed by atoms with van der Waals surface area (Å²) in [6.07, 6.45) is 2.96. The number of aromatic amines is 1. The average Bonchev–Trinajstić information content (AvgIpc) is 3.23. The number of nitrogens with one attached hydrogen (secondary N) is 2. The van der Waals surface area contributed by atoms with Crippen LogP contribution in [0.15, 0.2) is 33.6 Å². The highest BCUT2D eigenvalue weighted by Gasteiger charge is 2.53. The van der Waals surface area contributed by atoms with Crippen molar-refractivity contribution >= 4 is 11.6 Å². The molecule has 0 unspecified atom stereocenters. The number of ether oxygens (including phenoxy) is 1. The molecule has 0 saturated carbocycles. The number of fused-ring (bicyclic) bond motifs is 2. The normalized spacial score (nSPS) is 28.9. The Hall–Kier alpha value is -2.41. The molecule has 3 atom stereocenters. The zero-order valence-corrected chi connectivity index (χ0v) is 12.7. The molecule has 0 aliphatic carbocycles. The van der Waals surface area contributed by atoms with Gasteiger partial charge >= 0.3 is 5.76 Å². The molecule has 0 radical (unpaired) electrons. The van der Waals surface area contributed by atoms with E-state index in [-0.39, 0.29) is 18.1 Å². The van der Waals surface area contributed by atoms with Gasteiger partial charge < -0.3 is 10.1 Å². The van der Waals surface area contributed by atoms with E-state index >= 15 is 0 Å². The highest BCUT2D eigenvalue weighted by molar-refractivity contribution is 5.96. The Morgan fingerprint density at radius 2 is 2.30 bits per heavy atom. The molecule has 4 rings (SSSR count). The number of anilines is 1. The maximum Gasteiger partial charge on any atom is 0.439 e. The van der Waals surface area contributed by atoms with E-state index in [4.69, 9.17) is 4.74 Å². The van der Waals surface area contributed by atoms with Crippen LogP contribution in [0, 0.1) is 5.41 Å². The molecule has 2 N–H and O–H groups in total. The number of hydrogen-bond acceptors (Lipinski definition) is 5. The minimum atomic E-state index is -0.610. The van der Waals surface area contributed by atoms with Crippen LogP contribution in [-0.4, -0.2) is 28.3 Å². The Morgan fingerprint density at radius 3 is 2.96 bits per heavy atom. The summed E-state index contributed by atoms with van der Waals surface area (Å²) in [6.45, 7) is 1.96. The lowest BCUT2D eigenvalue weighted by molar-refractivity contribution is -0.127. The Kier molecular flexibility index (Phi) is 3.12. The van der Waals surface area contributed by atoms with E-state index in [0.29, 0.717) is 17.1 Å². The monoisotopic (exact) mass is 315 g/mol. The molecule has 7 heteroatoms. The number of carbonyl (C=O) groups excluding carboxylic acids is 1. The Morgan fingerprint density at radius 1 is 1.43 bits per heavy atom. The molecule has 2 aliphatic rings. The van der Waals surface area contributed by atoms with Crippen molar-refractivity contribution in [2.45, 2.75) is 38.4 Å². The van der Waals surface area contributed by atoms with Crippen LogP contribution in [-0.2, 0) is 9.53 Å². The molecule has 1 aromatic carbocycles. The van der Waals surface area contributed by atoms with Gasteiger partial charge in [-0.25, -0.2) is 4.79 Å².